The van der Waals surface area contributed by atoms with E-state index in [4.69, 9.17) is 0 Å². The lowest BCUT2D eigenvalue weighted by atomic mass is 10.0. The number of hydrogen-bond acceptors (Lipinski definition) is 2. The fourth-order valence-electron chi connectivity index (χ4n) is 1.58. The highest BCUT2D eigenvalue weighted by molar-refractivity contribution is 5.91. The number of aromatic amines is 1. The quantitative estimate of drug-likeness (QED) is 0.806. The molecule has 2 N–H and O–H groups in total. The van der Waals surface area contributed by atoms with Gasteiger partial charge in [0.25, 0.3) is 0 Å². The highest BCUT2D eigenvalue weighted by atomic mass is 16.1. The van der Waals surface area contributed by atoms with Gasteiger partial charge in [-0.2, -0.15) is 5.10 Å². The first-order chi connectivity index (χ1) is 7.58. The van der Waals surface area contributed by atoms with E-state index >= 15 is 0 Å². The summed E-state index contributed by atoms with van der Waals surface area (Å²) in [6.45, 7) is 8.22. The minimum absolute atomic E-state index is 0.0619. The van der Waals surface area contributed by atoms with E-state index in [1.54, 1.807) is 0 Å². The van der Waals surface area contributed by atoms with Crippen molar-refractivity contribution in [3.63, 3.8) is 0 Å². The van der Waals surface area contributed by atoms with Crippen molar-refractivity contribution in [3.8, 4) is 0 Å². The number of carbonyl (C=O) groups is 1. The van der Waals surface area contributed by atoms with Gasteiger partial charge in [-0.15, -0.1) is 0 Å². The van der Waals surface area contributed by atoms with Crippen molar-refractivity contribution in [1.82, 2.24) is 10.2 Å². The maximum absolute atomic E-state index is 11.8. The molecule has 0 aliphatic carbocycles. The lowest BCUT2D eigenvalue weighted by molar-refractivity contribution is -0.120. The highest BCUT2D eigenvalue weighted by Crippen LogP contribution is 2.16. The Morgan fingerprint density at radius 2 is 2.06 bits per heavy atom. The fraction of sp³-hybridized carbons (Fsp3) is 0.667. The van der Waals surface area contributed by atoms with E-state index in [1.807, 2.05) is 19.9 Å². The SMILES string of the molecule is CCC(CC)C(=O)Nc1cc(C(C)C)[nH]n1. The zero-order valence-corrected chi connectivity index (χ0v) is 10.5. The topological polar surface area (TPSA) is 57.8 Å². The minimum Gasteiger partial charge on any atom is -0.309 e. The van der Waals surface area contributed by atoms with Crippen molar-refractivity contribution in [2.24, 2.45) is 5.92 Å². The van der Waals surface area contributed by atoms with Gasteiger partial charge in [-0.25, -0.2) is 0 Å². The Balaban J connectivity index is 2.62. The number of rotatable bonds is 5. The van der Waals surface area contributed by atoms with Gasteiger partial charge < -0.3 is 5.32 Å². The molecule has 1 rings (SSSR count). The summed E-state index contributed by atoms with van der Waals surface area (Å²) in [5, 5.41) is 9.83. The summed E-state index contributed by atoms with van der Waals surface area (Å²) < 4.78 is 0. The second kappa shape index (κ2) is 5.68. The van der Waals surface area contributed by atoms with E-state index in [0.717, 1.165) is 18.5 Å². The van der Waals surface area contributed by atoms with E-state index in [-0.39, 0.29) is 11.8 Å². The average molecular weight is 223 g/mol. The number of aromatic nitrogens is 2. The third-order valence-corrected chi connectivity index (χ3v) is 2.83. The summed E-state index contributed by atoms with van der Waals surface area (Å²) in [6.07, 6.45) is 1.73. The van der Waals surface area contributed by atoms with Crippen LogP contribution in [0.1, 0.15) is 52.1 Å². The molecule has 0 saturated heterocycles. The van der Waals surface area contributed by atoms with Crippen molar-refractivity contribution in [1.29, 1.82) is 0 Å². The molecule has 0 unspecified atom stereocenters. The summed E-state index contributed by atoms with van der Waals surface area (Å²) in [6, 6.07) is 1.89. The Hall–Kier alpha value is -1.32. The van der Waals surface area contributed by atoms with E-state index in [1.165, 1.54) is 0 Å². The molecule has 90 valence electrons. The van der Waals surface area contributed by atoms with Crippen LogP contribution in [-0.2, 0) is 4.79 Å². The summed E-state index contributed by atoms with van der Waals surface area (Å²) in [7, 11) is 0. The summed E-state index contributed by atoms with van der Waals surface area (Å²) >= 11 is 0. The lowest BCUT2D eigenvalue weighted by Crippen LogP contribution is -2.21. The van der Waals surface area contributed by atoms with Crippen LogP contribution in [0.3, 0.4) is 0 Å². The van der Waals surface area contributed by atoms with E-state index in [2.05, 4.69) is 29.4 Å². The second-order valence-corrected chi connectivity index (χ2v) is 4.37. The van der Waals surface area contributed by atoms with Gasteiger partial charge in [-0.05, 0) is 18.8 Å². The van der Waals surface area contributed by atoms with Crippen LogP contribution in [0.5, 0.6) is 0 Å². The normalized spacial score (nSPS) is 11.1. The van der Waals surface area contributed by atoms with Gasteiger partial charge in [-0.1, -0.05) is 27.7 Å². The van der Waals surface area contributed by atoms with E-state index in [9.17, 15) is 4.79 Å². The number of amides is 1. The number of H-pyrrole nitrogens is 1. The number of hydrogen-bond donors (Lipinski definition) is 2. The maximum atomic E-state index is 11.8. The van der Waals surface area contributed by atoms with Crippen LogP contribution in [0.4, 0.5) is 5.82 Å². The van der Waals surface area contributed by atoms with Gasteiger partial charge in [-0.3, -0.25) is 9.89 Å². The molecule has 0 bridgehead atoms. The van der Waals surface area contributed by atoms with Crippen LogP contribution in [-0.4, -0.2) is 16.1 Å². The molecule has 0 aromatic carbocycles. The smallest absolute Gasteiger partial charge is 0.228 e. The van der Waals surface area contributed by atoms with Crippen molar-refractivity contribution >= 4 is 11.7 Å². The molecule has 0 aliphatic rings. The van der Waals surface area contributed by atoms with E-state index in [0.29, 0.717) is 11.7 Å². The van der Waals surface area contributed by atoms with Crippen molar-refractivity contribution in [2.45, 2.75) is 46.5 Å². The average Bonchev–Trinajstić information content (AvgIpc) is 2.68. The first-order valence-electron chi connectivity index (χ1n) is 5.94. The zero-order valence-electron chi connectivity index (χ0n) is 10.5. The third kappa shape index (κ3) is 3.08. The molecular weight excluding hydrogens is 202 g/mol. The fourth-order valence-corrected chi connectivity index (χ4v) is 1.58. The molecule has 1 amide bonds. The largest absolute Gasteiger partial charge is 0.309 e. The molecule has 0 radical (unpaired) electrons. The maximum Gasteiger partial charge on any atom is 0.228 e. The highest BCUT2D eigenvalue weighted by Gasteiger charge is 2.15. The Kier molecular flexibility index (Phi) is 4.52. The van der Waals surface area contributed by atoms with Gasteiger partial charge in [0, 0.05) is 17.7 Å². The zero-order chi connectivity index (χ0) is 12.1. The van der Waals surface area contributed by atoms with Crippen LogP contribution < -0.4 is 5.32 Å². The summed E-state index contributed by atoms with van der Waals surface area (Å²) in [5.74, 6) is 1.16. The molecule has 0 saturated carbocycles. The van der Waals surface area contributed by atoms with Crippen LogP contribution in [0.15, 0.2) is 6.07 Å². The number of carbonyl (C=O) groups excluding carboxylic acids is 1. The molecule has 16 heavy (non-hydrogen) atoms. The number of anilines is 1. The Bertz CT molecular complexity index is 340. The molecule has 1 heterocycles. The van der Waals surface area contributed by atoms with Gasteiger partial charge in [0.15, 0.2) is 5.82 Å². The predicted octanol–water partition coefficient (Wildman–Crippen LogP) is 2.91. The Labute approximate surface area is 96.8 Å². The molecule has 0 atom stereocenters. The molecule has 4 nitrogen and oxygen atoms in total. The number of nitrogens with one attached hydrogen (secondary N) is 2. The third-order valence-electron chi connectivity index (χ3n) is 2.83. The molecule has 1 aromatic rings. The summed E-state index contributed by atoms with van der Waals surface area (Å²) in [5.41, 5.74) is 1.04. The van der Waals surface area contributed by atoms with E-state index < -0.39 is 0 Å². The van der Waals surface area contributed by atoms with Crippen LogP contribution in [0.25, 0.3) is 0 Å². The van der Waals surface area contributed by atoms with Crippen molar-refractivity contribution < 1.29 is 4.79 Å². The Morgan fingerprint density at radius 3 is 2.50 bits per heavy atom. The van der Waals surface area contributed by atoms with Gasteiger partial charge in [0.2, 0.25) is 5.91 Å². The van der Waals surface area contributed by atoms with Gasteiger partial charge in [0.05, 0.1) is 0 Å². The first-order valence-corrected chi connectivity index (χ1v) is 5.94. The van der Waals surface area contributed by atoms with Crippen LogP contribution in [0, 0.1) is 5.92 Å². The molecule has 0 fully saturated rings. The van der Waals surface area contributed by atoms with Gasteiger partial charge >= 0.3 is 0 Å². The van der Waals surface area contributed by atoms with Crippen LogP contribution >= 0.6 is 0 Å². The molecule has 4 heteroatoms. The molecular formula is C12H21N3O. The lowest BCUT2D eigenvalue weighted by Gasteiger charge is -2.10. The minimum atomic E-state index is 0.0619. The van der Waals surface area contributed by atoms with Gasteiger partial charge in [0.1, 0.15) is 0 Å². The second-order valence-electron chi connectivity index (χ2n) is 4.37. The van der Waals surface area contributed by atoms with Crippen LogP contribution in [0.2, 0.25) is 0 Å². The standard InChI is InChI=1S/C12H21N3O/c1-5-9(6-2)12(16)13-11-7-10(8(3)4)14-15-11/h7-9H,5-6H2,1-4H3,(H2,13,14,15,16). The first kappa shape index (κ1) is 12.7. The van der Waals surface area contributed by atoms with Crippen molar-refractivity contribution in [3.05, 3.63) is 11.8 Å². The molecule has 0 spiro atoms. The number of nitrogens with zero attached hydrogens (tertiary/aromatic N) is 1. The molecule has 1 aromatic heterocycles. The Morgan fingerprint density at radius 1 is 1.44 bits per heavy atom. The summed E-state index contributed by atoms with van der Waals surface area (Å²) in [4.78, 5) is 11.8. The molecule has 0 aliphatic heterocycles. The van der Waals surface area contributed by atoms with Crippen molar-refractivity contribution in [2.75, 3.05) is 5.32 Å². The monoisotopic (exact) mass is 223 g/mol. The predicted molar refractivity (Wildman–Crippen MR) is 65.4 cm³/mol.